The molecule has 0 heterocycles. The van der Waals surface area contributed by atoms with E-state index in [1.54, 1.807) is 14.2 Å². The molecule has 1 unspecified atom stereocenters. The fourth-order valence-corrected chi connectivity index (χ4v) is 2.49. The van der Waals surface area contributed by atoms with Crippen molar-refractivity contribution in [3.05, 3.63) is 23.3 Å². The van der Waals surface area contributed by atoms with Gasteiger partial charge in [0.2, 0.25) is 0 Å². The van der Waals surface area contributed by atoms with Gasteiger partial charge in [-0.25, -0.2) is 0 Å². The maximum Gasteiger partial charge on any atom is 0.122 e. The first-order valence-corrected chi connectivity index (χ1v) is 5.85. The third-order valence-corrected chi connectivity index (χ3v) is 3.59. The maximum absolute atomic E-state index is 6.27. The lowest BCUT2D eigenvalue weighted by Gasteiger charge is -2.35. The number of benzene rings is 1. The van der Waals surface area contributed by atoms with E-state index in [0.717, 1.165) is 36.3 Å². The molecule has 0 fully saturated rings. The Balaban J connectivity index is 2.47. The Labute approximate surface area is 102 Å². The molecule has 1 atom stereocenters. The summed E-state index contributed by atoms with van der Waals surface area (Å²) in [6, 6.07) is 3.88. The van der Waals surface area contributed by atoms with Gasteiger partial charge in [0.15, 0.2) is 0 Å². The van der Waals surface area contributed by atoms with Crippen LogP contribution < -0.4 is 20.9 Å². The number of ether oxygens (including phenoxy) is 2. The molecular formula is C13H20N2O2. The van der Waals surface area contributed by atoms with Crippen molar-refractivity contribution in [3.63, 3.8) is 0 Å². The average Bonchev–Trinajstić information content (AvgIpc) is 2.37. The predicted octanol–water partition coefficient (Wildman–Crippen LogP) is 0.849. The normalized spacial score (nSPS) is 23.1. The molecule has 2 rings (SSSR count). The summed E-state index contributed by atoms with van der Waals surface area (Å²) in [6.07, 6.45) is 2.53. The number of rotatable bonds is 3. The number of hydrogen-bond donors (Lipinski definition) is 2. The van der Waals surface area contributed by atoms with Gasteiger partial charge in [-0.3, -0.25) is 0 Å². The molecular weight excluding hydrogens is 216 g/mol. The third kappa shape index (κ3) is 2.10. The van der Waals surface area contributed by atoms with Gasteiger partial charge in [0.05, 0.1) is 14.2 Å². The fraction of sp³-hybridized carbons (Fsp3) is 0.538. The standard InChI is InChI=1S/C13H20N2O2/c1-16-11-3-4-12(17-2)10-7-13(15,8-14)6-5-9(10)11/h3-4H,5-8,14-15H2,1-2H3. The molecule has 4 heteroatoms. The minimum Gasteiger partial charge on any atom is -0.496 e. The first-order chi connectivity index (χ1) is 8.13. The van der Waals surface area contributed by atoms with Crippen molar-refractivity contribution in [2.24, 2.45) is 11.5 Å². The van der Waals surface area contributed by atoms with Crippen LogP contribution in [0.1, 0.15) is 17.5 Å². The van der Waals surface area contributed by atoms with Crippen molar-refractivity contribution >= 4 is 0 Å². The van der Waals surface area contributed by atoms with E-state index in [1.807, 2.05) is 12.1 Å². The highest BCUT2D eigenvalue weighted by Gasteiger charge is 2.32. The van der Waals surface area contributed by atoms with Crippen LogP contribution >= 0.6 is 0 Å². The van der Waals surface area contributed by atoms with E-state index in [2.05, 4.69) is 0 Å². The van der Waals surface area contributed by atoms with Crippen molar-refractivity contribution in [1.29, 1.82) is 0 Å². The number of hydrogen-bond acceptors (Lipinski definition) is 4. The molecule has 0 bridgehead atoms. The van der Waals surface area contributed by atoms with E-state index >= 15 is 0 Å². The van der Waals surface area contributed by atoms with Gasteiger partial charge in [-0.15, -0.1) is 0 Å². The Hall–Kier alpha value is -1.26. The smallest absolute Gasteiger partial charge is 0.122 e. The summed E-state index contributed by atoms with van der Waals surface area (Å²) in [5.74, 6) is 1.80. The lowest BCUT2D eigenvalue weighted by Crippen LogP contribution is -2.51. The molecule has 1 aromatic rings. The molecule has 4 nitrogen and oxygen atoms in total. The summed E-state index contributed by atoms with van der Waals surface area (Å²) in [7, 11) is 3.37. The summed E-state index contributed by atoms with van der Waals surface area (Å²) in [4.78, 5) is 0. The van der Waals surface area contributed by atoms with Gasteiger partial charge in [0.25, 0.3) is 0 Å². The second kappa shape index (κ2) is 4.55. The minimum absolute atomic E-state index is 0.313. The lowest BCUT2D eigenvalue weighted by molar-refractivity contribution is 0.346. The summed E-state index contributed by atoms with van der Waals surface area (Å²) in [5.41, 5.74) is 14.1. The maximum atomic E-state index is 6.27. The van der Waals surface area contributed by atoms with E-state index in [1.165, 1.54) is 5.56 Å². The summed E-state index contributed by atoms with van der Waals surface area (Å²) < 4.78 is 10.8. The number of nitrogens with two attached hydrogens (primary N) is 2. The SMILES string of the molecule is COc1ccc(OC)c2c1CCC(N)(CN)C2. The molecule has 1 aliphatic rings. The second-order valence-corrected chi connectivity index (χ2v) is 4.67. The Kier molecular flexibility index (Phi) is 3.26. The van der Waals surface area contributed by atoms with Gasteiger partial charge in [-0.1, -0.05) is 0 Å². The Morgan fingerprint density at radius 2 is 1.76 bits per heavy atom. The van der Waals surface area contributed by atoms with Gasteiger partial charge in [0, 0.05) is 23.2 Å². The molecule has 0 spiro atoms. The zero-order valence-electron chi connectivity index (χ0n) is 10.5. The summed E-state index contributed by atoms with van der Waals surface area (Å²) >= 11 is 0. The van der Waals surface area contributed by atoms with E-state index in [9.17, 15) is 0 Å². The summed E-state index contributed by atoms with van der Waals surface area (Å²) in [6.45, 7) is 0.493. The Morgan fingerprint density at radius 3 is 2.29 bits per heavy atom. The molecule has 0 amide bonds. The second-order valence-electron chi connectivity index (χ2n) is 4.67. The highest BCUT2D eigenvalue weighted by molar-refractivity contribution is 5.51. The predicted molar refractivity (Wildman–Crippen MR) is 67.5 cm³/mol. The monoisotopic (exact) mass is 236 g/mol. The molecule has 0 saturated carbocycles. The highest BCUT2D eigenvalue weighted by Crippen LogP contribution is 2.38. The summed E-state index contributed by atoms with van der Waals surface area (Å²) in [5, 5.41) is 0. The van der Waals surface area contributed by atoms with Crippen LogP contribution in [0.25, 0.3) is 0 Å². The largest absolute Gasteiger partial charge is 0.496 e. The molecule has 17 heavy (non-hydrogen) atoms. The van der Waals surface area contributed by atoms with E-state index in [-0.39, 0.29) is 5.54 Å². The number of fused-ring (bicyclic) bond motifs is 1. The van der Waals surface area contributed by atoms with Crippen LogP contribution in [-0.4, -0.2) is 26.3 Å². The molecule has 0 saturated heterocycles. The van der Waals surface area contributed by atoms with Crippen molar-refractivity contribution in [2.45, 2.75) is 24.8 Å². The molecule has 4 N–H and O–H groups in total. The molecule has 1 aromatic carbocycles. The van der Waals surface area contributed by atoms with Gasteiger partial charge in [0.1, 0.15) is 11.5 Å². The topological polar surface area (TPSA) is 70.5 Å². The van der Waals surface area contributed by atoms with Crippen LogP contribution in [0.15, 0.2) is 12.1 Å². The third-order valence-electron chi connectivity index (χ3n) is 3.59. The Bertz CT molecular complexity index is 420. The molecule has 0 aromatic heterocycles. The van der Waals surface area contributed by atoms with Crippen molar-refractivity contribution in [1.82, 2.24) is 0 Å². The quantitative estimate of drug-likeness (QED) is 0.816. The van der Waals surface area contributed by atoms with Gasteiger partial charge < -0.3 is 20.9 Å². The van der Waals surface area contributed by atoms with Gasteiger partial charge >= 0.3 is 0 Å². The van der Waals surface area contributed by atoms with Crippen LogP contribution in [0.5, 0.6) is 11.5 Å². The van der Waals surface area contributed by atoms with Crippen LogP contribution in [0.3, 0.4) is 0 Å². The van der Waals surface area contributed by atoms with E-state index < -0.39 is 0 Å². The zero-order valence-corrected chi connectivity index (χ0v) is 10.5. The van der Waals surface area contributed by atoms with Crippen LogP contribution in [0, 0.1) is 0 Å². The first kappa shape index (κ1) is 12.2. The van der Waals surface area contributed by atoms with Crippen molar-refractivity contribution in [3.8, 4) is 11.5 Å². The zero-order chi connectivity index (χ0) is 12.5. The molecule has 1 aliphatic carbocycles. The average molecular weight is 236 g/mol. The lowest BCUT2D eigenvalue weighted by atomic mass is 9.78. The van der Waals surface area contributed by atoms with E-state index in [0.29, 0.717) is 6.54 Å². The Morgan fingerprint density at radius 1 is 1.18 bits per heavy atom. The van der Waals surface area contributed by atoms with Gasteiger partial charge in [-0.05, 0) is 31.4 Å². The van der Waals surface area contributed by atoms with Crippen LogP contribution in [0.2, 0.25) is 0 Å². The first-order valence-electron chi connectivity index (χ1n) is 5.85. The van der Waals surface area contributed by atoms with Gasteiger partial charge in [-0.2, -0.15) is 0 Å². The molecule has 0 radical (unpaired) electrons. The molecule has 0 aliphatic heterocycles. The highest BCUT2D eigenvalue weighted by atomic mass is 16.5. The fourth-order valence-electron chi connectivity index (χ4n) is 2.49. The van der Waals surface area contributed by atoms with Crippen molar-refractivity contribution < 1.29 is 9.47 Å². The number of methoxy groups -OCH3 is 2. The van der Waals surface area contributed by atoms with Crippen LogP contribution in [-0.2, 0) is 12.8 Å². The molecule has 94 valence electrons. The minimum atomic E-state index is -0.313. The van der Waals surface area contributed by atoms with Crippen LogP contribution in [0.4, 0.5) is 0 Å². The van der Waals surface area contributed by atoms with Crippen molar-refractivity contribution in [2.75, 3.05) is 20.8 Å². The van der Waals surface area contributed by atoms with E-state index in [4.69, 9.17) is 20.9 Å².